The largest absolute Gasteiger partial charge is 0.344 e. The van der Waals surface area contributed by atoms with Gasteiger partial charge >= 0.3 is 6.03 Å². The first-order chi connectivity index (χ1) is 11.1. The molecule has 2 N–H and O–H groups in total. The lowest BCUT2D eigenvalue weighted by molar-refractivity contribution is 0.262. The van der Waals surface area contributed by atoms with Crippen molar-refractivity contribution in [1.29, 1.82) is 0 Å². The molecule has 6 nitrogen and oxygen atoms in total. The molecule has 8 heteroatoms. The van der Waals surface area contributed by atoms with Gasteiger partial charge in [-0.3, -0.25) is 5.32 Å². The third kappa shape index (κ3) is 3.76. The number of aromatic nitrogens is 2. The van der Waals surface area contributed by atoms with Crippen molar-refractivity contribution in [2.75, 3.05) is 22.1 Å². The molecule has 1 saturated heterocycles. The van der Waals surface area contributed by atoms with Crippen LogP contribution in [0.25, 0.3) is 0 Å². The zero-order valence-corrected chi connectivity index (χ0v) is 13.6. The van der Waals surface area contributed by atoms with Gasteiger partial charge in [0.1, 0.15) is 5.82 Å². The molecule has 0 saturated carbocycles. The summed E-state index contributed by atoms with van der Waals surface area (Å²) < 4.78 is 13.5. The molecular weight excluding hydrogens is 317 g/mol. The van der Waals surface area contributed by atoms with E-state index in [1.807, 2.05) is 0 Å². The van der Waals surface area contributed by atoms with Gasteiger partial charge in [-0.15, -0.1) is 10.2 Å². The van der Waals surface area contributed by atoms with Crippen molar-refractivity contribution in [2.45, 2.75) is 32.2 Å². The normalized spacial score (nSPS) is 17.8. The van der Waals surface area contributed by atoms with Crippen LogP contribution in [0.2, 0.25) is 0 Å². The molecule has 2 aromatic rings. The van der Waals surface area contributed by atoms with Gasteiger partial charge in [0, 0.05) is 12.6 Å². The highest BCUT2D eigenvalue weighted by atomic mass is 32.1. The number of para-hydroxylation sites is 1. The average Bonchev–Trinajstić information content (AvgIpc) is 2.98. The van der Waals surface area contributed by atoms with E-state index in [2.05, 4.69) is 32.7 Å². The number of piperidine rings is 1. The van der Waals surface area contributed by atoms with Gasteiger partial charge in [-0.1, -0.05) is 23.5 Å². The van der Waals surface area contributed by atoms with Crippen molar-refractivity contribution in [1.82, 2.24) is 10.2 Å². The van der Waals surface area contributed by atoms with Gasteiger partial charge in [0.15, 0.2) is 0 Å². The molecule has 0 aliphatic carbocycles. The molecular formula is C15H18FN5OS. The predicted octanol–water partition coefficient (Wildman–Crippen LogP) is 3.70. The number of hydrogen-bond acceptors (Lipinski definition) is 5. The number of nitrogens with one attached hydrogen (secondary N) is 2. The number of carbonyl (C=O) groups excluding carboxylic acids is 1. The van der Waals surface area contributed by atoms with Gasteiger partial charge in [-0.2, -0.15) is 0 Å². The van der Waals surface area contributed by atoms with Crippen LogP contribution in [0.5, 0.6) is 0 Å². The highest BCUT2D eigenvalue weighted by molar-refractivity contribution is 7.19. The van der Waals surface area contributed by atoms with Gasteiger partial charge in [-0.05, 0) is 38.3 Å². The summed E-state index contributed by atoms with van der Waals surface area (Å²) in [5, 5.41) is 14.4. The molecule has 2 amide bonds. The Hall–Kier alpha value is -2.22. The zero-order valence-electron chi connectivity index (χ0n) is 12.8. The number of halogens is 1. The topological polar surface area (TPSA) is 70.2 Å². The first-order valence-corrected chi connectivity index (χ1v) is 8.38. The second-order valence-electron chi connectivity index (χ2n) is 5.49. The maximum Gasteiger partial charge on any atom is 0.325 e. The number of carbonyl (C=O) groups is 1. The lowest BCUT2D eigenvalue weighted by Gasteiger charge is -2.32. The van der Waals surface area contributed by atoms with Crippen molar-refractivity contribution in [3.05, 3.63) is 30.1 Å². The number of nitrogens with zero attached hydrogens (tertiary/aromatic N) is 3. The van der Waals surface area contributed by atoms with E-state index in [1.165, 1.54) is 29.9 Å². The molecule has 0 spiro atoms. The smallest absolute Gasteiger partial charge is 0.325 e. The van der Waals surface area contributed by atoms with Gasteiger partial charge in [-0.25, -0.2) is 9.18 Å². The molecule has 1 atom stereocenters. The molecule has 3 rings (SSSR count). The van der Waals surface area contributed by atoms with Gasteiger partial charge in [0.25, 0.3) is 0 Å². The molecule has 0 unspecified atom stereocenters. The van der Waals surface area contributed by atoms with Crippen LogP contribution in [-0.2, 0) is 0 Å². The summed E-state index contributed by atoms with van der Waals surface area (Å²) in [5.74, 6) is -0.484. The second kappa shape index (κ2) is 6.91. The second-order valence-corrected chi connectivity index (χ2v) is 6.44. The van der Waals surface area contributed by atoms with E-state index in [1.54, 1.807) is 12.1 Å². The van der Waals surface area contributed by atoms with Crippen molar-refractivity contribution < 1.29 is 9.18 Å². The number of urea groups is 1. The maximum absolute atomic E-state index is 13.5. The van der Waals surface area contributed by atoms with E-state index >= 15 is 0 Å². The molecule has 1 aromatic heterocycles. The first kappa shape index (κ1) is 15.7. The summed E-state index contributed by atoms with van der Waals surface area (Å²) in [7, 11) is 0. The molecule has 1 aliphatic heterocycles. The maximum atomic E-state index is 13.5. The first-order valence-electron chi connectivity index (χ1n) is 7.56. The molecule has 1 fully saturated rings. The molecule has 23 heavy (non-hydrogen) atoms. The molecule has 1 aliphatic rings. The monoisotopic (exact) mass is 335 g/mol. The number of hydrogen-bond donors (Lipinski definition) is 2. The van der Waals surface area contributed by atoms with Gasteiger partial charge in [0.05, 0.1) is 5.69 Å². The van der Waals surface area contributed by atoms with Crippen LogP contribution in [0.4, 0.5) is 25.1 Å². The Morgan fingerprint density at radius 3 is 2.91 bits per heavy atom. The van der Waals surface area contributed by atoms with Crippen LogP contribution in [0.1, 0.15) is 26.2 Å². The van der Waals surface area contributed by atoms with Crippen LogP contribution in [0, 0.1) is 5.82 Å². The summed E-state index contributed by atoms with van der Waals surface area (Å²) in [6.45, 7) is 3.12. The molecule has 122 valence electrons. The number of benzene rings is 1. The van der Waals surface area contributed by atoms with E-state index in [-0.39, 0.29) is 5.69 Å². The number of rotatable bonds is 3. The van der Waals surface area contributed by atoms with Crippen LogP contribution in [0.15, 0.2) is 24.3 Å². The standard InChI is InChI=1S/C15H18FN5OS/c1-10-6-4-5-9-21(10)15-20-19-14(23-15)18-13(22)17-12-8-3-2-7-11(12)16/h2-3,7-8,10H,4-6,9H2,1H3,(H2,17,18,19,22)/t10-/m1/s1. The zero-order chi connectivity index (χ0) is 16.2. The third-order valence-electron chi connectivity index (χ3n) is 3.81. The quantitative estimate of drug-likeness (QED) is 0.897. The van der Waals surface area contributed by atoms with Crippen LogP contribution >= 0.6 is 11.3 Å². The van der Waals surface area contributed by atoms with Crippen LogP contribution in [0.3, 0.4) is 0 Å². The lowest BCUT2D eigenvalue weighted by atomic mass is 10.1. The van der Waals surface area contributed by atoms with E-state index in [4.69, 9.17) is 0 Å². The fourth-order valence-corrected chi connectivity index (χ4v) is 3.45. The predicted molar refractivity (Wildman–Crippen MR) is 89.6 cm³/mol. The highest BCUT2D eigenvalue weighted by Crippen LogP contribution is 2.29. The van der Waals surface area contributed by atoms with E-state index in [9.17, 15) is 9.18 Å². The van der Waals surface area contributed by atoms with E-state index in [0.717, 1.165) is 24.5 Å². The summed E-state index contributed by atoms with van der Waals surface area (Å²) in [6, 6.07) is 5.89. The fourth-order valence-electron chi connectivity index (χ4n) is 2.58. The molecule has 0 bridgehead atoms. The Morgan fingerprint density at radius 1 is 1.30 bits per heavy atom. The van der Waals surface area contributed by atoms with Crippen molar-refractivity contribution in [3.63, 3.8) is 0 Å². The van der Waals surface area contributed by atoms with Crippen molar-refractivity contribution >= 4 is 33.3 Å². The third-order valence-corrected chi connectivity index (χ3v) is 4.68. The SMILES string of the molecule is C[C@@H]1CCCCN1c1nnc(NC(=O)Nc2ccccc2F)s1. The Kier molecular flexibility index (Phi) is 4.71. The summed E-state index contributed by atoms with van der Waals surface area (Å²) in [4.78, 5) is 14.1. The molecule has 0 radical (unpaired) electrons. The summed E-state index contributed by atoms with van der Waals surface area (Å²) >= 11 is 1.32. The lowest BCUT2D eigenvalue weighted by Crippen LogP contribution is -2.37. The highest BCUT2D eigenvalue weighted by Gasteiger charge is 2.22. The summed E-state index contributed by atoms with van der Waals surface area (Å²) in [5.41, 5.74) is 0.124. The molecule has 2 heterocycles. The van der Waals surface area contributed by atoms with Crippen molar-refractivity contribution in [3.8, 4) is 0 Å². The Labute approximate surface area is 137 Å². The van der Waals surface area contributed by atoms with Gasteiger partial charge < -0.3 is 10.2 Å². The minimum absolute atomic E-state index is 0.124. The van der Waals surface area contributed by atoms with Crippen LogP contribution < -0.4 is 15.5 Å². The fraction of sp³-hybridized carbons (Fsp3) is 0.400. The number of amides is 2. The Balaban J connectivity index is 1.62. The molecule has 1 aromatic carbocycles. The van der Waals surface area contributed by atoms with Crippen molar-refractivity contribution in [2.24, 2.45) is 0 Å². The summed E-state index contributed by atoms with van der Waals surface area (Å²) in [6.07, 6.45) is 3.50. The van der Waals surface area contributed by atoms with Crippen LogP contribution in [-0.4, -0.2) is 28.8 Å². The minimum Gasteiger partial charge on any atom is -0.344 e. The Morgan fingerprint density at radius 2 is 2.13 bits per heavy atom. The Bertz CT molecular complexity index is 692. The average molecular weight is 335 g/mol. The number of anilines is 3. The van der Waals surface area contributed by atoms with E-state index < -0.39 is 11.8 Å². The van der Waals surface area contributed by atoms with Gasteiger partial charge in [0.2, 0.25) is 10.3 Å². The minimum atomic E-state index is -0.538. The van der Waals surface area contributed by atoms with E-state index in [0.29, 0.717) is 11.2 Å².